The maximum Gasteiger partial charge on any atom is 0.326 e. The average molecular weight is 1140 g/mol. The third-order valence-electron chi connectivity index (χ3n) is 12.6. The summed E-state index contributed by atoms with van der Waals surface area (Å²) < 4.78 is -1.42. The van der Waals surface area contributed by atoms with E-state index in [-0.39, 0.29) is 48.0 Å². The molecule has 8 atom stereocenters. The van der Waals surface area contributed by atoms with Gasteiger partial charge in [0.1, 0.15) is 42.3 Å². The van der Waals surface area contributed by atoms with Crippen molar-refractivity contribution in [2.75, 3.05) is 12.3 Å². The zero-order chi connectivity index (χ0) is 56.6. The van der Waals surface area contributed by atoms with Crippen LogP contribution < -0.4 is 48.7 Å². The van der Waals surface area contributed by atoms with Gasteiger partial charge >= 0.3 is 11.9 Å². The summed E-state index contributed by atoms with van der Waals surface area (Å²) in [6, 6.07) is 8.65. The standard InChI is InChI=1S/C52H66Cl2N10O11S2/c1-27(2)42(51(74)75)63-49(72)40-26-76-77-52(3,4)43(64-44(67)34(56)24-41(65)66)50(73)61-37(21-28-12-6-5-7-13-28)46(69)60-39(23-30-25-57-35-15-9-8-14-31(30)35)48(71)58-36(16-10-11-19-55)45(68)59-38(47(70)62-40)22-29-17-18-32(53)33(54)20-29/h5-9,12-15,17-18,20,25,27,34,36-40,42-43,57H,10-11,16,19,21-24,26,55-56H2,1-4H3,(H,58,71)(H,59,68)(H,60,69)(H,61,73)(H,62,70)(H,63,72)(H,64,67)(H,65,66)(H,74,75)/t34-,36-,37-,38-,39-,40-,42-,43-/m0/s1. The maximum absolute atomic E-state index is 14.9. The molecule has 5 rings (SSSR count). The number of carbonyl (C=O) groups excluding carboxylic acids is 7. The number of aliphatic carboxylic acids is 2. The van der Waals surface area contributed by atoms with E-state index in [1.54, 1.807) is 76.4 Å². The molecule has 1 aliphatic rings. The van der Waals surface area contributed by atoms with Gasteiger partial charge in [0.15, 0.2) is 0 Å². The number of aromatic nitrogens is 1. The number of hydrogen-bond donors (Lipinski definition) is 12. The predicted octanol–water partition coefficient (Wildman–Crippen LogP) is 2.74. The van der Waals surface area contributed by atoms with Crippen LogP contribution in [0.5, 0.6) is 0 Å². The van der Waals surface area contributed by atoms with Gasteiger partial charge in [-0.15, -0.1) is 0 Å². The van der Waals surface area contributed by atoms with Crippen molar-refractivity contribution in [3.63, 3.8) is 0 Å². The number of amides is 7. The van der Waals surface area contributed by atoms with Gasteiger partial charge in [-0.3, -0.25) is 38.4 Å². The van der Waals surface area contributed by atoms with E-state index >= 15 is 0 Å². The Morgan fingerprint density at radius 1 is 0.740 bits per heavy atom. The molecule has 0 radical (unpaired) electrons. The summed E-state index contributed by atoms with van der Waals surface area (Å²) in [5.41, 5.74) is 14.2. The van der Waals surface area contributed by atoms with Gasteiger partial charge in [-0.2, -0.15) is 0 Å². The van der Waals surface area contributed by atoms with Crippen LogP contribution in [-0.4, -0.2) is 134 Å². The van der Waals surface area contributed by atoms with Crippen LogP contribution in [0.4, 0.5) is 0 Å². The van der Waals surface area contributed by atoms with E-state index in [1.165, 1.54) is 12.1 Å². The van der Waals surface area contributed by atoms with Crippen LogP contribution in [0.1, 0.15) is 70.1 Å². The molecule has 4 aromatic rings. The number of fused-ring (bicyclic) bond motifs is 1. The monoisotopic (exact) mass is 1140 g/mol. The largest absolute Gasteiger partial charge is 0.481 e. The third kappa shape index (κ3) is 18.1. The van der Waals surface area contributed by atoms with Gasteiger partial charge in [0.05, 0.1) is 22.5 Å². The van der Waals surface area contributed by atoms with Crippen molar-refractivity contribution in [1.29, 1.82) is 0 Å². The first-order valence-electron chi connectivity index (χ1n) is 24.8. The fraction of sp³-hybridized carbons (Fsp3) is 0.442. The summed E-state index contributed by atoms with van der Waals surface area (Å²) in [5.74, 6) is -9.89. The number of halogens is 2. The third-order valence-corrected chi connectivity index (χ3v) is 16.7. The van der Waals surface area contributed by atoms with E-state index in [2.05, 4.69) is 42.2 Å². The molecule has 14 N–H and O–H groups in total. The van der Waals surface area contributed by atoms with Crippen LogP contribution in [0.3, 0.4) is 0 Å². The molecular formula is C52H66Cl2N10O11S2. The zero-order valence-corrected chi connectivity index (χ0v) is 46.0. The van der Waals surface area contributed by atoms with Crippen molar-refractivity contribution in [3.8, 4) is 0 Å². The molecule has 2 heterocycles. The average Bonchev–Trinajstić information content (AvgIpc) is 3.78. The molecule has 1 saturated heterocycles. The van der Waals surface area contributed by atoms with Crippen LogP contribution in [-0.2, 0) is 62.4 Å². The molecule has 0 spiro atoms. The van der Waals surface area contributed by atoms with Crippen molar-refractivity contribution in [2.24, 2.45) is 17.4 Å². The van der Waals surface area contributed by atoms with Crippen LogP contribution in [0.25, 0.3) is 10.9 Å². The topological polar surface area (TPSA) is 346 Å². The summed E-state index contributed by atoms with van der Waals surface area (Å²) >= 11 is 12.6. The molecule has 1 fully saturated rings. The second-order valence-corrected chi connectivity index (χ2v) is 23.3. The molecule has 0 bridgehead atoms. The number of benzene rings is 3. The fourth-order valence-corrected chi connectivity index (χ4v) is 11.5. The highest BCUT2D eigenvalue weighted by atomic mass is 35.5. The first-order valence-corrected chi connectivity index (χ1v) is 27.9. The SMILES string of the molecule is CC(C)[C@H](NC(=O)[C@@H]1CSSC(C)(C)[C@@H](NC(=O)[C@@H](N)CC(=O)O)C(=O)N[C@@H](Cc2ccccc2)C(=O)N[C@@H](Cc2c[nH]c3ccccc23)C(=O)N[C@@H](CCCCN)C(=O)N[C@@H](Cc2ccc(Cl)c(Cl)c2)C(=O)N1)C(=O)O. The Bertz CT molecular complexity index is 2770. The predicted molar refractivity (Wildman–Crippen MR) is 296 cm³/mol. The van der Waals surface area contributed by atoms with Gasteiger partial charge < -0.3 is 63.9 Å². The van der Waals surface area contributed by atoms with E-state index < -0.39 is 119 Å². The number of carboxylic acid groups (broad SMARTS) is 2. The number of carboxylic acids is 2. The Kier molecular flexibility index (Phi) is 23.0. The van der Waals surface area contributed by atoms with Crippen LogP contribution in [0.15, 0.2) is 79.0 Å². The molecule has 77 heavy (non-hydrogen) atoms. The fourth-order valence-electron chi connectivity index (χ4n) is 8.34. The van der Waals surface area contributed by atoms with Crippen molar-refractivity contribution in [2.45, 2.75) is 126 Å². The zero-order valence-electron chi connectivity index (χ0n) is 42.9. The van der Waals surface area contributed by atoms with E-state index in [0.29, 0.717) is 29.5 Å². The molecule has 7 amide bonds. The van der Waals surface area contributed by atoms with Crippen molar-refractivity contribution in [3.05, 3.63) is 106 Å². The lowest BCUT2D eigenvalue weighted by Crippen LogP contribution is -2.63. The number of aromatic amines is 1. The Labute approximate surface area is 463 Å². The highest BCUT2D eigenvalue weighted by Crippen LogP contribution is 2.39. The number of nitrogens with one attached hydrogen (secondary N) is 8. The molecule has 0 unspecified atom stereocenters. The molecule has 25 heteroatoms. The lowest BCUT2D eigenvalue weighted by atomic mass is 9.98. The summed E-state index contributed by atoms with van der Waals surface area (Å²) in [5, 5.41) is 39.5. The molecule has 3 aromatic carbocycles. The Morgan fingerprint density at radius 3 is 1.95 bits per heavy atom. The molecule has 21 nitrogen and oxygen atoms in total. The Hall–Kier alpha value is -6.37. The van der Waals surface area contributed by atoms with Crippen molar-refractivity contribution in [1.82, 2.24) is 42.2 Å². The van der Waals surface area contributed by atoms with E-state index in [0.717, 1.165) is 32.5 Å². The normalized spacial score (nSPS) is 21.8. The number of rotatable bonds is 18. The van der Waals surface area contributed by atoms with Gasteiger partial charge in [-0.1, -0.05) is 113 Å². The Balaban J connectivity index is 1.67. The van der Waals surface area contributed by atoms with Gasteiger partial charge in [0.25, 0.3) is 0 Å². The van der Waals surface area contributed by atoms with Crippen molar-refractivity contribution < 1.29 is 53.4 Å². The smallest absolute Gasteiger partial charge is 0.326 e. The van der Waals surface area contributed by atoms with Crippen LogP contribution >= 0.6 is 44.8 Å². The van der Waals surface area contributed by atoms with Gasteiger partial charge in [0, 0.05) is 46.9 Å². The maximum atomic E-state index is 14.9. The first-order chi connectivity index (χ1) is 36.5. The van der Waals surface area contributed by atoms with Crippen molar-refractivity contribution >= 4 is 109 Å². The van der Waals surface area contributed by atoms with Gasteiger partial charge in [-0.25, -0.2) is 4.79 Å². The molecule has 1 aromatic heterocycles. The lowest BCUT2D eigenvalue weighted by molar-refractivity contribution is -0.143. The second-order valence-electron chi connectivity index (χ2n) is 19.5. The van der Waals surface area contributed by atoms with Crippen LogP contribution in [0, 0.1) is 5.92 Å². The summed E-state index contributed by atoms with van der Waals surface area (Å²) in [4.78, 5) is 129. The molecule has 1 aliphatic heterocycles. The van der Waals surface area contributed by atoms with Crippen LogP contribution in [0.2, 0.25) is 10.0 Å². The minimum absolute atomic E-state index is 0.0139. The van der Waals surface area contributed by atoms with E-state index in [9.17, 15) is 53.4 Å². The molecule has 0 aliphatic carbocycles. The number of hydrogen-bond acceptors (Lipinski definition) is 13. The molecule has 0 saturated carbocycles. The summed E-state index contributed by atoms with van der Waals surface area (Å²) in [6.07, 6.45) is 1.18. The number of nitrogens with two attached hydrogens (primary N) is 2. The lowest BCUT2D eigenvalue weighted by Gasteiger charge is -2.35. The number of unbranched alkanes of at least 4 members (excludes halogenated alkanes) is 1. The highest BCUT2D eigenvalue weighted by molar-refractivity contribution is 8.77. The number of carbonyl (C=O) groups is 9. The summed E-state index contributed by atoms with van der Waals surface area (Å²) in [6.45, 7) is 6.50. The molecule has 416 valence electrons. The summed E-state index contributed by atoms with van der Waals surface area (Å²) in [7, 11) is 1.91. The van der Waals surface area contributed by atoms with Gasteiger partial charge in [-0.05, 0) is 80.5 Å². The van der Waals surface area contributed by atoms with E-state index in [1.807, 2.05) is 18.2 Å². The number of para-hydroxylation sites is 1. The highest BCUT2D eigenvalue weighted by Gasteiger charge is 2.42. The van der Waals surface area contributed by atoms with E-state index in [4.69, 9.17) is 34.7 Å². The Morgan fingerprint density at radius 2 is 1.32 bits per heavy atom. The minimum atomic E-state index is -1.62. The molecular weight excluding hydrogens is 1080 g/mol. The quantitative estimate of drug-likeness (QED) is 0.0504. The van der Waals surface area contributed by atoms with Gasteiger partial charge in [0.2, 0.25) is 41.4 Å². The first kappa shape index (κ1) is 61.5. The number of H-pyrrole nitrogens is 1. The second kappa shape index (κ2) is 28.8. The minimum Gasteiger partial charge on any atom is -0.481 e.